The van der Waals surface area contributed by atoms with Gasteiger partial charge >= 0.3 is 12.1 Å². The molecule has 0 radical (unpaired) electrons. The predicted molar refractivity (Wildman–Crippen MR) is 125 cm³/mol. The zero-order valence-corrected chi connectivity index (χ0v) is 19.0. The van der Waals surface area contributed by atoms with Crippen molar-refractivity contribution in [3.8, 4) is 11.1 Å². The van der Waals surface area contributed by atoms with Crippen molar-refractivity contribution >= 4 is 29.7 Å². The number of alkyl carbamates (subject to hydrolysis) is 1. The minimum Gasteiger partial charge on any atom is -0.480 e. The molecule has 1 aliphatic rings. The summed E-state index contributed by atoms with van der Waals surface area (Å²) in [7, 11) is 0. The third kappa shape index (κ3) is 5.43. The Balaban J connectivity index is 1.60. The normalized spacial score (nSPS) is 14.1. The van der Waals surface area contributed by atoms with Crippen LogP contribution in [-0.4, -0.2) is 53.8 Å². The van der Waals surface area contributed by atoms with E-state index < -0.39 is 30.1 Å². The standard InChI is InChI=1S/C24H28N2O5S/c1-3-20(22(27)25-21(23(28)29)12-13-32-2)26-24(30)31-14-19-17-10-6-4-8-15(17)16-9-5-7-11-18(16)19/h4-11,19-21H,3,12-14H2,1-2H3,(H,25,27)(H,26,30)(H,28,29)/t20-,21-/m0/s1. The largest absolute Gasteiger partial charge is 0.480 e. The molecule has 3 rings (SSSR count). The lowest BCUT2D eigenvalue weighted by molar-refractivity contribution is -0.142. The highest BCUT2D eigenvalue weighted by molar-refractivity contribution is 7.98. The molecule has 2 atom stereocenters. The Morgan fingerprint density at radius 3 is 2.12 bits per heavy atom. The molecule has 2 amide bonds. The molecule has 2 aromatic rings. The minimum absolute atomic E-state index is 0.0787. The summed E-state index contributed by atoms with van der Waals surface area (Å²) in [6.07, 6.45) is 1.79. The molecule has 8 heteroatoms. The Bertz CT molecular complexity index is 935. The average molecular weight is 457 g/mol. The van der Waals surface area contributed by atoms with Crippen molar-refractivity contribution in [3.63, 3.8) is 0 Å². The maximum atomic E-state index is 12.5. The highest BCUT2D eigenvalue weighted by Crippen LogP contribution is 2.44. The molecule has 0 saturated heterocycles. The monoisotopic (exact) mass is 456 g/mol. The summed E-state index contributed by atoms with van der Waals surface area (Å²) in [6.45, 7) is 1.88. The molecule has 7 nitrogen and oxygen atoms in total. The van der Waals surface area contributed by atoms with Crippen molar-refractivity contribution in [1.29, 1.82) is 0 Å². The maximum Gasteiger partial charge on any atom is 0.407 e. The van der Waals surface area contributed by atoms with Crippen molar-refractivity contribution < 1.29 is 24.2 Å². The fourth-order valence-electron chi connectivity index (χ4n) is 3.90. The molecule has 2 aromatic carbocycles. The Morgan fingerprint density at radius 1 is 1.00 bits per heavy atom. The smallest absolute Gasteiger partial charge is 0.407 e. The summed E-state index contributed by atoms with van der Waals surface area (Å²) in [5, 5.41) is 14.4. The fourth-order valence-corrected chi connectivity index (χ4v) is 4.37. The number of carbonyl (C=O) groups is 3. The number of hydrogen-bond donors (Lipinski definition) is 3. The summed E-state index contributed by atoms with van der Waals surface area (Å²) in [5.41, 5.74) is 4.47. The van der Waals surface area contributed by atoms with E-state index >= 15 is 0 Å². The lowest BCUT2D eigenvalue weighted by Gasteiger charge is -2.21. The van der Waals surface area contributed by atoms with E-state index in [2.05, 4.69) is 22.8 Å². The van der Waals surface area contributed by atoms with Crippen LogP contribution in [0, 0.1) is 0 Å². The zero-order chi connectivity index (χ0) is 23.1. The molecular formula is C24H28N2O5S. The Morgan fingerprint density at radius 2 is 1.59 bits per heavy atom. The number of hydrogen-bond acceptors (Lipinski definition) is 5. The molecule has 0 bridgehead atoms. The lowest BCUT2D eigenvalue weighted by atomic mass is 9.98. The number of nitrogens with one attached hydrogen (secondary N) is 2. The number of rotatable bonds is 10. The molecule has 1 aliphatic carbocycles. The van der Waals surface area contributed by atoms with Crippen molar-refractivity contribution in [2.24, 2.45) is 0 Å². The van der Waals surface area contributed by atoms with Crippen molar-refractivity contribution in [3.05, 3.63) is 59.7 Å². The highest BCUT2D eigenvalue weighted by atomic mass is 32.2. The number of carboxylic acid groups (broad SMARTS) is 1. The van der Waals surface area contributed by atoms with E-state index in [1.807, 2.05) is 42.7 Å². The molecule has 0 aliphatic heterocycles. The van der Waals surface area contributed by atoms with Crippen LogP contribution in [0.1, 0.15) is 36.8 Å². The number of carbonyl (C=O) groups excluding carboxylic acids is 2. The van der Waals surface area contributed by atoms with Crippen LogP contribution in [0.15, 0.2) is 48.5 Å². The summed E-state index contributed by atoms with van der Waals surface area (Å²) in [6, 6.07) is 14.2. The average Bonchev–Trinajstić information content (AvgIpc) is 3.12. The van der Waals surface area contributed by atoms with Crippen LogP contribution in [0.2, 0.25) is 0 Å². The number of ether oxygens (including phenoxy) is 1. The van der Waals surface area contributed by atoms with Crippen molar-refractivity contribution in [2.75, 3.05) is 18.6 Å². The number of thioether (sulfide) groups is 1. The van der Waals surface area contributed by atoms with Gasteiger partial charge in [0, 0.05) is 5.92 Å². The number of aliphatic carboxylic acids is 1. The summed E-state index contributed by atoms with van der Waals surface area (Å²) in [4.78, 5) is 36.4. The minimum atomic E-state index is -1.09. The third-order valence-corrected chi connectivity index (χ3v) is 6.23. The first-order chi connectivity index (χ1) is 15.5. The van der Waals surface area contributed by atoms with E-state index in [0.717, 1.165) is 22.3 Å². The quantitative estimate of drug-likeness (QED) is 0.504. The molecule has 0 aromatic heterocycles. The second kappa shape index (κ2) is 11.0. The molecule has 3 N–H and O–H groups in total. The van der Waals surface area contributed by atoms with Gasteiger partial charge in [0.05, 0.1) is 0 Å². The zero-order valence-electron chi connectivity index (χ0n) is 18.2. The van der Waals surface area contributed by atoms with Crippen molar-refractivity contribution in [2.45, 2.75) is 37.8 Å². The van der Waals surface area contributed by atoms with E-state index in [9.17, 15) is 19.5 Å². The molecule has 0 saturated carbocycles. The van der Waals surface area contributed by atoms with Gasteiger partial charge in [0.2, 0.25) is 5.91 Å². The summed E-state index contributed by atoms with van der Waals surface area (Å²) >= 11 is 1.50. The van der Waals surface area contributed by atoms with Gasteiger partial charge in [-0.2, -0.15) is 11.8 Å². The number of benzene rings is 2. The fraction of sp³-hybridized carbons (Fsp3) is 0.375. The Labute approximate surface area is 191 Å². The van der Waals surface area contributed by atoms with Gasteiger partial charge in [0.15, 0.2) is 0 Å². The number of fused-ring (bicyclic) bond motifs is 3. The van der Waals surface area contributed by atoms with Gasteiger partial charge < -0.3 is 20.5 Å². The van der Waals surface area contributed by atoms with Gasteiger partial charge in [-0.15, -0.1) is 0 Å². The second-order valence-corrected chi connectivity index (χ2v) is 8.60. The number of carboxylic acids is 1. The van der Waals surface area contributed by atoms with E-state index in [4.69, 9.17) is 4.74 Å². The van der Waals surface area contributed by atoms with Crippen molar-refractivity contribution in [1.82, 2.24) is 10.6 Å². The third-order valence-electron chi connectivity index (χ3n) is 5.59. The van der Waals surface area contributed by atoms with Crippen LogP contribution in [0.3, 0.4) is 0 Å². The van der Waals surface area contributed by atoms with Crippen LogP contribution in [0.25, 0.3) is 11.1 Å². The Hall–Kier alpha value is -3.00. The highest BCUT2D eigenvalue weighted by Gasteiger charge is 2.30. The first kappa shape index (κ1) is 23.7. The van der Waals surface area contributed by atoms with E-state index in [1.165, 1.54) is 11.8 Å². The Kier molecular flexibility index (Phi) is 8.16. The molecule has 0 heterocycles. The van der Waals surface area contributed by atoms with Crippen LogP contribution in [0.5, 0.6) is 0 Å². The lowest BCUT2D eigenvalue weighted by Crippen LogP contribution is -2.51. The summed E-state index contributed by atoms with van der Waals surface area (Å²) in [5.74, 6) is -1.10. The maximum absolute atomic E-state index is 12.5. The first-order valence-electron chi connectivity index (χ1n) is 10.6. The van der Waals surface area contributed by atoms with Gasteiger partial charge in [-0.1, -0.05) is 55.5 Å². The molecule has 0 fully saturated rings. The van der Waals surface area contributed by atoms with E-state index in [-0.39, 0.29) is 12.5 Å². The van der Waals surface area contributed by atoms with E-state index in [1.54, 1.807) is 6.92 Å². The second-order valence-electron chi connectivity index (χ2n) is 7.61. The van der Waals surface area contributed by atoms with E-state index in [0.29, 0.717) is 18.6 Å². The van der Waals surface area contributed by atoms with Gasteiger partial charge in [-0.25, -0.2) is 9.59 Å². The molecule has 0 spiro atoms. The summed E-state index contributed by atoms with van der Waals surface area (Å²) < 4.78 is 5.49. The van der Waals surface area contributed by atoms with Crippen LogP contribution in [0.4, 0.5) is 4.79 Å². The topological polar surface area (TPSA) is 105 Å². The van der Waals surface area contributed by atoms with Gasteiger partial charge in [-0.05, 0) is 47.1 Å². The van der Waals surface area contributed by atoms with Gasteiger partial charge in [-0.3, -0.25) is 4.79 Å². The molecule has 0 unspecified atom stereocenters. The van der Waals surface area contributed by atoms with Crippen LogP contribution < -0.4 is 10.6 Å². The molecular weight excluding hydrogens is 428 g/mol. The van der Waals surface area contributed by atoms with Crippen LogP contribution >= 0.6 is 11.8 Å². The van der Waals surface area contributed by atoms with Gasteiger partial charge in [0.1, 0.15) is 18.7 Å². The SMILES string of the molecule is CC[C@H](NC(=O)OCC1c2ccccc2-c2ccccc21)C(=O)N[C@@H](CCSC)C(=O)O. The van der Waals surface area contributed by atoms with Gasteiger partial charge in [0.25, 0.3) is 0 Å². The number of amides is 2. The molecule has 170 valence electrons. The van der Waals surface area contributed by atoms with Crippen LogP contribution in [-0.2, 0) is 14.3 Å². The first-order valence-corrected chi connectivity index (χ1v) is 12.0. The predicted octanol–water partition coefficient (Wildman–Crippen LogP) is 3.63. The molecule has 32 heavy (non-hydrogen) atoms.